The second-order valence-corrected chi connectivity index (χ2v) is 4.03. The molecule has 0 aliphatic heterocycles. The average Bonchev–Trinajstić information content (AvgIpc) is 2.13. The third-order valence-corrected chi connectivity index (χ3v) is 2.23. The fraction of sp³-hybridized carbons (Fsp3) is 0.750. The summed E-state index contributed by atoms with van der Waals surface area (Å²) >= 11 is 0. The van der Waals surface area contributed by atoms with Gasteiger partial charge in [0.2, 0.25) is 5.91 Å². The molecule has 3 heteroatoms. The fourth-order valence-electron chi connectivity index (χ4n) is 1.51. The van der Waals surface area contributed by atoms with Crippen LogP contribution < -0.4 is 5.32 Å². The lowest BCUT2D eigenvalue weighted by Crippen LogP contribution is -2.37. The maximum atomic E-state index is 11.8. The van der Waals surface area contributed by atoms with Gasteiger partial charge in [0.25, 0.3) is 0 Å². The van der Waals surface area contributed by atoms with Crippen molar-refractivity contribution in [3.63, 3.8) is 0 Å². The molecular weight excluding hydrogens is 188 g/mol. The second-order valence-electron chi connectivity index (χ2n) is 4.03. The van der Waals surface area contributed by atoms with Gasteiger partial charge in [-0.05, 0) is 27.3 Å². The summed E-state index contributed by atoms with van der Waals surface area (Å²) in [5, 5.41) is 3.24. The van der Waals surface area contributed by atoms with Gasteiger partial charge in [0.15, 0.2) is 0 Å². The molecule has 0 heterocycles. The number of amides is 1. The van der Waals surface area contributed by atoms with Crippen LogP contribution in [0.2, 0.25) is 0 Å². The quantitative estimate of drug-likeness (QED) is 0.653. The van der Waals surface area contributed by atoms with Crippen molar-refractivity contribution in [2.24, 2.45) is 0 Å². The standard InChI is InChI=1S/C12H24N2O/c1-6-13-11(5)8-12(15)14(7-2)9-10(3)4/h11,13H,3,6-9H2,1-2,4-5H3. The molecule has 0 aromatic heterocycles. The summed E-state index contributed by atoms with van der Waals surface area (Å²) in [5.41, 5.74) is 1.03. The number of carbonyl (C=O) groups is 1. The zero-order valence-corrected chi connectivity index (χ0v) is 10.5. The molecule has 0 aliphatic rings. The first kappa shape index (κ1) is 14.2. The highest BCUT2D eigenvalue weighted by Crippen LogP contribution is 2.01. The van der Waals surface area contributed by atoms with Gasteiger partial charge >= 0.3 is 0 Å². The van der Waals surface area contributed by atoms with E-state index in [9.17, 15) is 4.79 Å². The van der Waals surface area contributed by atoms with Crippen LogP contribution in [0.25, 0.3) is 0 Å². The molecule has 0 fully saturated rings. The number of nitrogens with one attached hydrogen (secondary N) is 1. The lowest BCUT2D eigenvalue weighted by atomic mass is 10.2. The van der Waals surface area contributed by atoms with Gasteiger partial charge in [-0.25, -0.2) is 0 Å². The molecule has 1 unspecified atom stereocenters. The Morgan fingerprint density at radius 3 is 2.47 bits per heavy atom. The van der Waals surface area contributed by atoms with Gasteiger partial charge < -0.3 is 10.2 Å². The first-order valence-electron chi connectivity index (χ1n) is 5.66. The Hall–Kier alpha value is -0.830. The first-order valence-corrected chi connectivity index (χ1v) is 5.66. The van der Waals surface area contributed by atoms with Gasteiger partial charge in [0.1, 0.15) is 0 Å². The number of carbonyl (C=O) groups excluding carboxylic acids is 1. The molecule has 0 aromatic rings. The minimum atomic E-state index is 0.203. The third-order valence-electron chi connectivity index (χ3n) is 2.23. The van der Waals surface area contributed by atoms with Crippen molar-refractivity contribution in [1.29, 1.82) is 0 Å². The van der Waals surface area contributed by atoms with E-state index in [0.29, 0.717) is 13.0 Å². The van der Waals surface area contributed by atoms with E-state index in [0.717, 1.165) is 18.7 Å². The zero-order valence-electron chi connectivity index (χ0n) is 10.5. The zero-order chi connectivity index (χ0) is 11.8. The van der Waals surface area contributed by atoms with Gasteiger partial charge in [0, 0.05) is 25.6 Å². The number of hydrogen-bond acceptors (Lipinski definition) is 2. The van der Waals surface area contributed by atoms with Crippen molar-refractivity contribution in [3.8, 4) is 0 Å². The molecule has 1 atom stereocenters. The minimum absolute atomic E-state index is 0.203. The van der Waals surface area contributed by atoms with Gasteiger partial charge in [-0.15, -0.1) is 0 Å². The monoisotopic (exact) mass is 212 g/mol. The molecule has 88 valence electrons. The lowest BCUT2D eigenvalue weighted by molar-refractivity contribution is -0.131. The van der Waals surface area contributed by atoms with E-state index in [1.807, 2.05) is 32.6 Å². The normalized spacial score (nSPS) is 12.3. The molecule has 0 aliphatic carbocycles. The van der Waals surface area contributed by atoms with E-state index in [-0.39, 0.29) is 11.9 Å². The van der Waals surface area contributed by atoms with Crippen LogP contribution in [0.3, 0.4) is 0 Å². The number of hydrogen-bond donors (Lipinski definition) is 1. The SMILES string of the molecule is C=C(C)CN(CC)C(=O)CC(C)NCC. The molecule has 1 N–H and O–H groups in total. The summed E-state index contributed by atoms with van der Waals surface area (Å²) < 4.78 is 0. The summed E-state index contributed by atoms with van der Waals surface area (Å²) in [5.74, 6) is 0.203. The van der Waals surface area contributed by atoms with Crippen LogP contribution in [0.5, 0.6) is 0 Å². The van der Waals surface area contributed by atoms with E-state index >= 15 is 0 Å². The van der Waals surface area contributed by atoms with Gasteiger partial charge in [0.05, 0.1) is 0 Å². The van der Waals surface area contributed by atoms with Gasteiger partial charge in [-0.2, -0.15) is 0 Å². The molecule has 0 radical (unpaired) electrons. The molecule has 0 bridgehead atoms. The Labute approximate surface area is 93.5 Å². The topological polar surface area (TPSA) is 32.3 Å². The van der Waals surface area contributed by atoms with E-state index in [4.69, 9.17) is 0 Å². The lowest BCUT2D eigenvalue weighted by Gasteiger charge is -2.23. The summed E-state index contributed by atoms with van der Waals surface area (Å²) in [6, 6.07) is 0.252. The second kappa shape index (κ2) is 7.46. The van der Waals surface area contributed by atoms with E-state index in [2.05, 4.69) is 11.9 Å². The minimum Gasteiger partial charge on any atom is -0.339 e. The first-order chi connectivity index (χ1) is 7.01. The van der Waals surface area contributed by atoms with E-state index in [1.54, 1.807) is 0 Å². The highest BCUT2D eigenvalue weighted by molar-refractivity contribution is 5.77. The molecule has 0 saturated carbocycles. The summed E-state index contributed by atoms with van der Waals surface area (Å²) in [6.07, 6.45) is 0.564. The maximum Gasteiger partial charge on any atom is 0.224 e. The predicted molar refractivity (Wildman–Crippen MR) is 64.8 cm³/mol. The van der Waals surface area contributed by atoms with Crippen molar-refractivity contribution >= 4 is 5.91 Å². The molecule has 1 amide bonds. The van der Waals surface area contributed by atoms with Gasteiger partial charge in [-0.3, -0.25) is 4.79 Å². The van der Waals surface area contributed by atoms with Crippen LogP contribution in [-0.2, 0) is 4.79 Å². The highest BCUT2D eigenvalue weighted by atomic mass is 16.2. The van der Waals surface area contributed by atoms with Crippen LogP contribution in [-0.4, -0.2) is 36.5 Å². The van der Waals surface area contributed by atoms with E-state index < -0.39 is 0 Å². The molecular formula is C12H24N2O. The van der Waals surface area contributed by atoms with Crippen molar-refractivity contribution in [2.75, 3.05) is 19.6 Å². The summed E-state index contributed by atoms with van der Waals surface area (Å²) in [6.45, 7) is 14.2. The largest absolute Gasteiger partial charge is 0.339 e. The fourth-order valence-corrected chi connectivity index (χ4v) is 1.51. The number of rotatable bonds is 7. The van der Waals surface area contributed by atoms with Crippen molar-refractivity contribution < 1.29 is 4.79 Å². The van der Waals surface area contributed by atoms with Crippen LogP contribution in [0.15, 0.2) is 12.2 Å². The average molecular weight is 212 g/mol. The third kappa shape index (κ3) is 6.28. The molecule has 3 nitrogen and oxygen atoms in total. The van der Waals surface area contributed by atoms with E-state index in [1.165, 1.54) is 0 Å². The maximum absolute atomic E-state index is 11.8. The highest BCUT2D eigenvalue weighted by Gasteiger charge is 2.14. The van der Waals surface area contributed by atoms with Crippen molar-refractivity contribution in [1.82, 2.24) is 10.2 Å². The van der Waals surface area contributed by atoms with Gasteiger partial charge in [-0.1, -0.05) is 19.1 Å². The number of likely N-dealkylation sites (N-methyl/N-ethyl adjacent to an activating group) is 1. The predicted octanol–water partition coefficient (Wildman–Crippen LogP) is 1.80. The Morgan fingerprint density at radius 1 is 1.47 bits per heavy atom. The van der Waals surface area contributed by atoms with Crippen molar-refractivity contribution in [3.05, 3.63) is 12.2 Å². The van der Waals surface area contributed by atoms with Crippen LogP contribution in [0.1, 0.15) is 34.1 Å². The summed E-state index contributed by atoms with van der Waals surface area (Å²) in [7, 11) is 0. The Morgan fingerprint density at radius 2 is 2.07 bits per heavy atom. The smallest absolute Gasteiger partial charge is 0.224 e. The molecule has 0 rings (SSSR count). The Bertz CT molecular complexity index is 214. The van der Waals surface area contributed by atoms with Crippen LogP contribution >= 0.6 is 0 Å². The van der Waals surface area contributed by atoms with Crippen molar-refractivity contribution in [2.45, 2.75) is 40.2 Å². The Kier molecular flexibility index (Phi) is 7.05. The van der Waals surface area contributed by atoms with Crippen LogP contribution in [0, 0.1) is 0 Å². The van der Waals surface area contributed by atoms with Crippen LogP contribution in [0.4, 0.5) is 0 Å². The number of nitrogens with zero attached hydrogens (tertiary/aromatic N) is 1. The molecule has 0 aromatic carbocycles. The molecule has 0 spiro atoms. The molecule has 0 saturated heterocycles. The summed E-state index contributed by atoms with van der Waals surface area (Å²) in [4.78, 5) is 13.7. The molecule has 15 heavy (non-hydrogen) atoms. The Balaban J connectivity index is 4.09.